The Labute approximate surface area is 144 Å². The fourth-order valence-electron chi connectivity index (χ4n) is 2.20. The lowest BCUT2D eigenvalue weighted by atomic mass is 10.0. The van der Waals surface area contributed by atoms with Crippen LogP contribution in [-0.4, -0.2) is 20.1 Å². The van der Waals surface area contributed by atoms with Crippen LogP contribution in [0.5, 0.6) is 0 Å². The molecule has 0 amide bonds. The van der Waals surface area contributed by atoms with Crippen molar-refractivity contribution < 1.29 is 4.52 Å². The average molecular weight is 341 g/mol. The highest BCUT2D eigenvalue weighted by molar-refractivity contribution is 7.98. The molecule has 0 atom stereocenters. The molecule has 0 fully saturated rings. The van der Waals surface area contributed by atoms with Gasteiger partial charge in [0, 0.05) is 17.3 Å². The Morgan fingerprint density at radius 1 is 1.12 bits per heavy atom. The molecule has 124 valence electrons. The van der Waals surface area contributed by atoms with Crippen molar-refractivity contribution >= 4 is 17.6 Å². The largest absolute Gasteiger partial charge is 0.384 e. The predicted octanol–water partition coefficient (Wildman–Crippen LogP) is 3.83. The lowest BCUT2D eigenvalue weighted by Crippen LogP contribution is -1.96. The number of aryl methyl sites for hydroxylation is 1. The zero-order chi connectivity index (χ0) is 17.1. The monoisotopic (exact) mass is 341 g/mol. The first-order chi connectivity index (χ1) is 11.5. The van der Waals surface area contributed by atoms with Gasteiger partial charge < -0.3 is 10.3 Å². The van der Waals surface area contributed by atoms with E-state index in [1.807, 2.05) is 19.1 Å². The van der Waals surface area contributed by atoms with Gasteiger partial charge in [-0.2, -0.15) is 4.98 Å². The topological polar surface area (TPSA) is 90.7 Å². The molecule has 0 aliphatic heterocycles. The highest BCUT2D eigenvalue weighted by atomic mass is 32.2. The first-order valence-electron chi connectivity index (χ1n) is 7.68. The van der Waals surface area contributed by atoms with Crippen molar-refractivity contribution in [3.05, 3.63) is 47.5 Å². The molecule has 2 heterocycles. The van der Waals surface area contributed by atoms with Gasteiger partial charge in [-0.3, -0.25) is 0 Å². The SMILES string of the molecule is Cc1cc(N)nc(SCc2nc(-c3ccc(C(C)C)cc3)no2)n1. The predicted molar refractivity (Wildman–Crippen MR) is 94.6 cm³/mol. The first-order valence-corrected chi connectivity index (χ1v) is 8.66. The van der Waals surface area contributed by atoms with E-state index in [1.54, 1.807) is 6.07 Å². The molecule has 0 saturated heterocycles. The Bertz CT molecular complexity index is 809. The molecule has 2 aromatic heterocycles. The van der Waals surface area contributed by atoms with Crippen molar-refractivity contribution in [2.24, 2.45) is 0 Å². The smallest absolute Gasteiger partial charge is 0.237 e. The van der Waals surface area contributed by atoms with E-state index in [4.69, 9.17) is 10.3 Å². The number of anilines is 1. The molecule has 2 N–H and O–H groups in total. The lowest BCUT2D eigenvalue weighted by molar-refractivity contribution is 0.391. The molecule has 3 aromatic rings. The molecule has 0 radical (unpaired) electrons. The number of hydrogen-bond acceptors (Lipinski definition) is 7. The summed E-state index contributed by atoms with van der Waals surface area (Å²) in [6, 6.07) is 9.95. The van der Waals surface area contributed by atoms with Gasteiger partial charge in [-0.1, -0.05) is 55.0 Å². The third-order valence-corrected chi connectivity index (χ3v) is 4.31. The van der Waals surface area contributed by atoms with E-state index >= 15 is 0 Å². The standard InChI is InChI=1S/C17H19N5OS/c1-10(2)12-4-6-13(7-5-12)16-21-15(23-22-16)9-24-17-19-11(3)8-14(18)20-17/h4-8,10H,9H2,1-3H3,(H2,18,19,20). The van der Waals surface area contributed by atoms with Gasteiger partial charge >= 0.3 is 0 Å². The first kappa shape index (κ1) is 16.4. The van der Waals surface area contributed by atoms with Crippen LogP contribution < -0.4 is 5.73 Å². The number of nitrogens with zero attached hydrogens (tertiary/aromatic N) is 4. The number of aromatic nitrogens is 4. The summed E-state index contributed by atoms with van der Waals surface area (Å²) in [4.78, 5) is 12.9. The van der Waals surface area contributed by atoms with Crippen LogP contribution in [0, 0.1) is 6.92 Å². The van der Waals surface area contributed by atoms with E-state index in [0.717, 1.165) is 11.3 Å². The van der Waals surface area contributed by atoms with E-state index in [1.165, 1.54) is 17.3 Å². The van der Waals surface area contributed by atoms with Crippen LogP contribution in [0.4, 0.5) is 5.82 Å². The van der Waals surface area contributed by atoms with Crippen molar-refractivity contribution in [2.45, 2.75) is 37.6 Å². The number of benzene rings is 1. The summed E-state index contributed by atoms with van der Waals surface area (Å²) < 4.78 is 5.31. The molecule has 0 unspecified atom stereocenters. The van der Waals surface area contributed by atoms with Gasteiger partial charge in [0.1, 0.15) is 5.82 Å². The summed E-state index contributed by atoms with van der Waals surface area (Å²) in [7, 11) is 0. The minimum absolute atomic E-state index is 0.460. The third kappa shape index (κ3) is 3.91. The number of hydrogen-bond donors (Lipinski definition) is 1. The summed E-state index contributed by atoms with van der Waals surface area (Å²) in [5.41, 5.74) is 8.79. The molecule has 7 heteroatoms. The van der Waals surface area contributed by atoms with Gasteiger partial charge in [-0.15, -0.1) is 0 Å². The van der Waals surface area contributed by atoms with Crippen molar-refractivity contribution in [3.63, 3.8) is 0 Å². The normalized spacial score (nSPS) is 11.2. The highest BCUT2D eigenvalue weighted by Crippen LogP contribution is 2.23. The average Bonchev–Trinajstić information content (AvgIpc) is 3.01. The van der Waals surface area contributed by atoms with Gasteiger partial charge in [0.2, 0.25) is 11.7 Å². The lowest BCUT2D eigenvalue weighted by Gasteiger charge is -2.04. The second kappa shape index (κ2) is 7.00. The van der Waals surface area contributed by atoms with Crippen LogP contribution in [0.1, 0.15) is 36.9 Å². The maximum atomic E-state index is 5.73. The summed E-state index contributed by atoms with van der Waals surface area (Å²) in [6.07, 6.45) is 0. The minimum Gasteiger partial charge on any atom is -0.384 e. The Balaban J connectivity index is 1.69. The van der Waals surface area contributed by atoms with E-state index < -0.39 is 0 Å². The Hall–Kier alpha value is -2.41. The quantitative estimate of drug-likeness (QED) is 0.557. The molecule has 0 aliphatic carbocycles. The number of rotatable bonds is 5. The van der Waals surface area contributed by atoms with E-state index in [9.17, 15) is 0 Å². The summed E-state index contributed by atoms with van der Waals surface area (Å²) >= 11 is 1.42. The molecule has 0 bridgehead atoms. The summed E-state index contributed by atoms with van der Waals surface area (Å²) in [6.45, 7) is 6.21. The number of thioether (sulfide) groups is 1. The molecule has 6 nitrogen and oxygen atoms in total. The van der Waals surface area contributed by atoms with Gasteiger partial charge in [-0.05, 0) is 18.4 Å². The van der Waals surface area contributed by atoms with Crippen molar-refractivity contribution in [2.75, 3.05) is 5.73 Å². The summed E-state index contributed by atoms with van der Waals surface area (Å²) in [5, 5.41) is 4.65. The van der Waals surface area contributed by atoms with Crippen LogP contribution in [0.2, 0.25) is 0 Å². The fraction of sp³-hybridized carbons (Fsp3) is 0.294. The Morgan fingerprint density at radius 2 is 1.88 bits per heavy atom. The zero-order valence-corrected chi connectivity index (χ0v) is 14.7. The minimum atomic E-state index is 0.460. The molecule has 0 saturated carbocycles. The van der Waals surface area contributed by atoms with E-state index in [-0.39, 0.29) is 0 Å². The maximum Gasteiger partial charge on any atom is 0.237 e. The van der Waals surface area contributed by atoms with Crippen LogP contribution >= 0.6 is 11.8 Å². The van der Waals surface area contributed by atoms with Crippen LogP contribution in [0.3, 0.4) is 0 Å². The maximum absolute atomic E-state index is 5.73. The van der Waals surface area contributed by atoms with E-state index in [0.29, 0.717) is 34.4 Å². The number of nitrogens with two attached hydrogens (primary N) is 1. The highest BCUT2D eigenvalue weighted by Gasteiger charge is 2.11. The Kier molecular flexibility index (Phi) is 4.80. The fourth-order valence-corrected chi connectivity index (χ4v) is 2.95. The van der Waals surface area contributed by atoms with Crippen molar-refractivity contribution in [3.8, 4) is 11.4 Å². The molecule has 0 spiro atoms. The molecular formula is C17H19N5OS. The van der Waals surface area contributed by atoms with Gasteiger partial charge in [0.25, 0.3) is 0 Å². The van der Waals surface area contributed by atoms with Gasteiger partial charge in [0.15, 0.2) is 5.16 Å². The zero-order valence-electron chi connectivity index (χ0n) is 13.9. The van der Waals surface area contributed by atoms with Crippen molar-refractivity contribution in [1.29, 1.82) is 0 Å². The molecule has 0 aliphatic rings. The Morgan fingerprint density at radius 3 is 2.54 bits per heavy atom. The van der Waals surface area contributed by atoms with Gasteiger partial charge in [0.05, 0.1) is 5.75 Å². The molecule has 3 rings (SSSR count). The molecule has 24 heavy (non-hydrogen) atoms. The van der Waals surface area contributed by atoms with Crippen LogP contribution in [0.15, 0.2) is 40.0 Å². The molecule has 1 aromatic carbocycles. The van der Waals surface area contributed by atoms with Crippen LogP contribution in [-0.2, 0) is 5.75 Å². The summed E-state index contributed by atoms with van der Waals surface area (Å²) in [5.74, 6) is 2.58. The number of nitrogen functional groups attached to an aromatic ring is 1. The third-order valence-electron chi connectivity index (χ3n) is 3.48. The van der Waals surface area contributed by atoms with E-state index in [2.05, 4.69) is 46.1 Å². The molecular weight excluding hydrogens is 322 g/mol. The van der Waals surface area contributed by atoms with Gasteiger partial charge in [-0.25, -0.2) is 9.97 Å². The van der Waals surface area contributed by atoms with Crippen LogP contribution in [0.25, 0.3) is 11.4 Å². The van der Waals surface area contributed by atoms with Crippen molar-refractivity contribution in [1.82, 2.24) is 20.1 Å². The second-order valence-electron chi connectivity index (χ2n) is 5.79. The second-order valence-corrected chi connectivity index (χ2v) is 6.74.